The van der Waals surface area contributed by atoms with E-state index in [1.165, 1.54) is 16.3 Å². The van der Waals surface area contributed by atoms with Gasteiger partial charge in [0, 0.05) is 0 Å². The fourth-order valence-electron chi connectivity index (χ4n) is 0.774. The van der Waals surface area contributed by atoms with Crippen LogP contribution >= 0.6 is 9.24 Å². The minimum atomic E-state index is 1.30. The Bertz CT molecular complexity index is 200. The maximum absolute atomic E-state index is 2.72. The number of aryl methyl sites for hydroxylation is 1. The van der Waals surface area contributed by atoms with Crippen LogP contribution in [0, 0.1) is 13.8 Å². The zero-order valence-corrected chi connectivity index (χ0v) is 6.96. The Morgan fingerprint density at radius 2 is 2.11 bits per heavy atom. The fraction of sp³-hybridized carbons (Fsp3) is 0.286. The van der Waals surface area contributed by atoms with E-state index in [0.29, 0.717) is 0 Å². The summed E-state index contributed by atoms with van der Waals surface area (Å²) < 4.78 is 0. The molecule has 0 amide bonds. The van der Waals surface area contributed by atoms with Gasteiger partial charge in [-0.25, -0.2) is 0 Å². The summed E-state index contributed by atoms with van der Waals surface area (Å²) in [6, 6.07) is 2.13. The van der Waals surface area contributed by atoms with Crippen molar-refractivity contribution in [3.05, 3.63) is 23.2 Å². The molecule has 0 fully saturated rings. The van der Waals surface area contributed by atoms with Crippen molar-refractivity contribution in [2.45, 2.75) is 13.8 Å². The van der Waals surface area contributed by atoms with Crippen LogP contribution in [0.15, 0.2) is 12.0 Å². The van der Waals surface area contributed by atoms with E-state index in [2.05, 4.69) is 42.0 Å². The molecule has 1 atom stereocenters. The van der Waals surface area contributed by atoms with Crippen LogP contribution in [-0.2, 0) is 0 Å². The van der Waals surface area contributed by atoms with Crippen molar-refractivity contribution in [3.63, 3.8) is 0 Å². The van der Waals surface area contributed by atoms with Crippen molar-refractivity contribution >= 4 is 21.4 Å². The molecule has 0 aromatic carbocycles. The van der Waals surface area contributed by atoms with Crippen LogP contribution < -0.4 is 5.20 Å². The van der Waals surface area contributed by atoms with Gasteiger partial charge >= 0.3 is 58.4 Å². The molecule has 0 radical (unpaired) electrons. The summed E-state index contributed by atoms with van der Waals surface area (Å²) in [5.41, 5.74) is 2.74. The molecule has 0 bridgehead atoms. The van der Waals surface area contributed by atoms with Gasteiger partial charge in [-0.05, 0) is 0 Å². The summed E-state index contributed by atoms with van der Waals surface area (Å²) in [6.07, 6.45) is 0. The monoisotopic (exact) mass is 136 g/mol. The molecule has 0 saturated heterocycles. The van der Waals surface area contributed by atoms with Crippen molar-refractivity contribution in [1.82, 2.24) is 0 Å². The second-order valence-corrected chi connectivity index (χ2v) is 2.91. The van der Waals surface area contributed by atoms with E-state index in [9.17, 15) is 0 Å². The molecule has 1 aromatic heterocycles. The zero-order valence-electron chi connectivity index (χ0n) is 5.81. The Kier molecular flexibility index (Phi) is 2.03. The Morgan fingerprint density at radius 1 is 1.44 bits per heavy atom. The minimum absolute atomic E-state index is 1.30. The average molecular weight is 136 g/mol. The van der Waals surface area contributed by atoms with Gasteiger partial charge in [0.25, 0.3) is 0 Å². The molecule has 0 aliphatic carbocycles. The Morgan fingerprint density at radius 3 is 2.56 bits per heavy atom. The van der Waals surface area contributed by atoms with Gasteiger partial charge in [-0.15, -0.1) is 0 Å². The number of rotatable bonds is 0. The summed E-state index contributed by atoms with van der Waals surface area (Å²) in [6.45, 7) is 6.37. The molecule has 0 N–H and O–H groups in total. The first-order valence-electron chi connectivity index (χ1n) is 3.03. The summed E-state index contributed by atoms with van der Waals surface area (Å²) in [7, 11) is 2.72. The van der Waals surface area contributed by atoms with Crippen molar-refractivity contribution < 1.29 is 0 Å². The molecular formula is C7H10BP. The number of hydrogen-bond acceptors (Lipinski definition) is 0. The molecule has 0 spiro atoms. The fourth-order valence-corrected chi connectivity index (χ4v) is 1.11. The van der Waals surface area contributed by atoms with Crippen LogP contribution in [0.2, 0.25) is 0 Å². The van der Waals surface area contributed by atoms with Crippen molar-refractivity contribution in [2.75, 3.05) is 0 Å². The standard InChI is InChI=1S/C7H10BP/c1-5-3-4-8-7(9)6(5)2/h3-4H,9H2,1-2H3. The second-order valence-electron chi connectivity index (χ2n) is 2.29. The Labute approximate surface area is 59.1 Å². The van der Waals surface area contributed by atoms with Gasteiger partial charge in [0.1, 0.15) is 0 Å². The van der Waals surface area contributed by atoms with Crippen molar-refractivity contribution in [3.8, 4) is 0 Å². The van der Waals surface area contributed by atoms with Crippen LogP contribution in [-0.4, -0.2) is 6.91 Å². The van der Waals surface area contributed by atoms with Gasteiger partial charge < -0.3 is 0 Å². The summed E-state index contributed by atoms with van der Waals surface area (Å²) in [4.78, 5) is 0. The first-order chi connectivity index (χ1) is 4.22. The predicted octanol–water partition coefficient (Wildman–Crippen LogP) is 1.14. The van der Waals surface area contributed by atoms with Crippen molar-refractivity contribution in [2.24, 2.45) is 0 Å². The molecule has 0 nitrogen and oxygen atoms in total. The van der Waals surface area contributed by atoms with Gasteiger partial charge in [-0.1, -0.05) is 0 Å². The van der Waals surface area contributed by atoms with Gasteiger partial charge in [0.2, 0.25) is 0 Å². The molecule has 1 heterocycles. The first kappa shape index (κ1) is 6.96. The van der Waals surface area contributed by atoms with Crippen LogP contribution in [0.25, 0.3) is 0 Å². The van der Waals surface area contributed by atoms with Gasteiger partial charge in [0.05, 0.1) is 0 Å². The van der Waals surface area contributed by atoms with E-state index in [4.69, 9.17) is 0 Å². The van der Waals surface area contributed by atoms with Gasteiger partial charge in [0.15, 0.2) is 0 Å². The quantitative estimate of drug-likeness (QED) is 0.469. The third kappa shape index (κ3) is 1.40. The predicted molar refractivity (Wildman–Crippen MR) is 46.6 cm³/mol. The zero-order chi connectivity index (χ0) is 6.85. The average Bonchev–Trinajstić information content (AvgIpc) is 1.83. The van der Waals surface area contributed by atoms with E-state index in [-0.39, 0.29) is 0 Å². The van der Waals surface area contributed by atoms with E-state index in [1.54, 1.807) is 0 Å². The van der Waals surface area contributed by atoms with Crippen LogP contribution in [0.3, 0.4) is 0 Å². The Balaban J connectivity index is 3.25. The molecule has 0 saturated carbocycles. The van der Waals surface area contributed by atoms with E-state index in [0.717, 1.165) is 0 Å². The molecular weight excluding hydrogens is 126 g/mol. The van der Waals surface area contributed by atoms with Gasteiger partial charge in [-0.2, -0.15) is 0 Å². The molecule has 9 heavy (non-hydrogen) atoms. The molecule has 1 aromatic rings. The SMILES string of the molecule is Cc1ccbc(P)c1C. The molecule has 46 valence electrons. The third-order valence-corrected chi connectivity index (χ3v) is 2.27. The van der Waals surface area contributed by atoms with Crippen LogP contribution in [0.1, 0.15) is 11.1 Å². The Hall–Kier alpha value is -0.155. The molecule has 1 rings (SSSR count). The molecule has 0 aliphatic heterocycles. The summed E-state index contributed by atoms with van der Waals surface area (Å²) in [5.74, 6) is 2.07. The van der Waals surface area contributed by atoms with E-state index < -0.39 is 0 Å². The maximum atomic E-state index is 2.72. The van der Waals surface area contributed by atoms with Crippen LogP contribution in [0.5, 0.6) is 0 Å². The molecule has 1 unspecified atom stereocenters. The third-order valence-electron chi connectivity index (χ3n) is 1.65. The first-order valence-corrected chi connectivity index (χ1v) is 3.61. The number of hydrogen-bond donors (Lipinski definition) is 0. The van der Waals surface area contributed by atoms with E-state index >= 15 is 0 Å². The van der Waals surface area contributed by atoms with Crippen LogP contribution in [0.4, 0.5) is 0 Å². The summed E-state index contributed by atoms with van der Waals surface area (Å²) in [5, 5.41) is 1.30. The second kappa shape index (κ2) is 2.62. The normalized spacial score (nSPS) is 9.22. The molecule has 0 aliphatic rings. The van der Waals surface area contributed by atoms with Gasteiger partial charge in [-0.3, -0.25) is 0 Å². The summed E-state index contributed by atoms with van der Waals surface area (Å²) >= 11 is 0. The van der Waals surface area contributed by atoms with Crippen molar-refractivity contribution in [1.29, 1.82) is 0 Å². The molecule has 2 heteroatoms. The topological polar surface area (TPSA) is 0 Å². The van der Waals surface area contributed by atoms with E-state index in [1.807, 2.05) is 0 Å².